The van der Waals surface area contributed by atoms with Crippen molar-refractivity contribution in [1.82, 2.24) is 25.2 Å². The lowest BCUT2D eigenvalue weighted by Crippen LogP contribution is -2.13. The van der Waals surface area contributed by atoms with Crippen molar-refractivity contribution in [3.05, 3.63) is 66.6 Å². The largest absolute Gasteiger partial charge is 0.497 e. The first kappa shape index (κ1) is 15.7. The fraction of sp³-hybridized carbons (Fsp3) is 0.0556. The fourth-order valence-electron chi connectivity index (χ4n) is 2.53. The summed E-state index contributed by atoms with van der Waals surface area (Å²) in [4.78, 5) is 16.9. The first-order chi connectivity index (χ1) is 12.7. The number of nitrogens with one attached hydrogen (secondary N) is 1. The summed E-state index contributed by atoms with van der Waals surface area (Å²) in [5.74, 6) is 0.470. The number of ether oxygens (including phenoxy) is 1. The van der Waals surface area contributed by atoms with Crippen LogP contribution in [0.3, 0.4) is 0 Å². The molecule has 0 unspecified atom stereocenters. The molecule has 4 rings (SSSR count). The van der Waals surface area contributed by atoms with E-state index in [4.69, 9.17) is 4.74 Å². The molecule has 2 aromatic carbocycles. The minimum absolute atomic E-state index is 0.280. The van der Waals surface area contributed by atoms with Crippen molar-refractivity contribution in [3.63, 3.8) is 0 Å². The normalized spacial score (nSPS) is 10.7. The molecule has 8 nitrogen and oxygen atoms in total. The Morgan fingerprint density at radius 1 is 1.08 bits per heavy atom. The zero-order valence-electron chi connectivity index (χ0n) is 13.8. The Morgan fingerprint density at radius 3 is 2.65 bits per heavy atom. The summed E-state index contributed by atoms with van der Waals surface area (Å²) in [5, 5.41) is 14.7. The molecule has 0 aliphatic carbocycles. The molecular formula is C18H14N6O2. The van der Waals surface area contributed by atoms with Crippen LogP contribution >= 0.6 is 0 Å². The Kier molecular flexibility index (Phi) is 3.98. The number of amides is 1. The second kappa shape index (κ2) is 6.60. The summed E-state index contributed by atoms with van der Waals surface area (Å²) >= 11 is 0. The number of rotatable bonds is 4. The van der Waals surface area contributed by atoms with Crippen LogP contribution in [0.25, 0.3) is 16.6 Å². The van der Waals surface area contributed by atoms with Crippen molar-refractivity contribution in [2.45, 2.75) is 0 Å². The van der Waals surface area contributed by atoms with E-state index >= 15 is 0 Å². The second-order valence-electron chi connectivity index (χ2n) is 5.51. The van der Waals surface area contributed by atoms with Gasteiger partial charge in [-0.1, -0.05) is 6.07 Å². The zero-order chi connectivity index (χ0) is 17.9. The molecule has 0 aliphatic heterocycles. The maximum Gasteiger partial charge on any atom is 0.274 e. The third kappa shape index (κ3) is 3.07. The molecule has 0 aliphatic rings. The average molecular weight is 346 g/mol. The van der Waals surface area contributed by atoms with Gasteiger partial charge in [0.05, 0.1) is 18.3 Å². The number of nitrogens with zero attached hydrogens (tertiary/aromatic N) is 5. The third-order valence-electron chi connectivity index (χ3n) is 3.87. The highest BCUT2D eigenvalue weighted by atomic mass is 16.5. The SMILES string of the molecule is COc1ccc2nc(C(=O)Nc3ccc(-n4cnnn4)cc3)ccc2c1. The summed E-state index contributed by atoms with van der Waals surface area (Å²) < 4.78 is 6.73. The van der Waals surface area contributed by atoms with Crippen molar-refractivity contribution >= 4 is 22.5 Å². The molecule has 0 saturated heterocycles. The monoisotopic (exact) mass is 346 g/mol. The molecule has 2 heterocycles. The molecule has 26 heavy (non-hydrogen) atoms. The standard InChI is InChI=1S/C18H14N6O2/c1-26-15-7-9-16-12(10-15)2-8-17(21-16)18(25)20-13-3-5-14(6-4-13)24-11-19-22-23-24/h2-11H,1H3,(H,20,25). The van der Waals surface area contributed by atoms with Crippen molar-refractivity contribution < 1.29 is 9.53 Å². The number of hydrogen-bond donors (Lipinski definition) is 1. The van der Waals surface area contributed by atoms with Crippen molar-refractivity contribution in [2.75, 3.05) is 12.4 Å². The van der Waals surface area contributed by atoms with Gasteiger partial charge in [-0.3, -0.25) is 4.79 Å². The van der Waals surface area contributed by atoms with E-state index in [1.54, 1.807) is 25.3 Å². The summed E-state index contributed by atoms with van der Waals surface area (Å²) in [5.41, 5.74) is 2.52. The van der Waals surface area contributed by atoms with Gasteiger partial charge in [0.1, 0.15) is 17.8 Å². The quantitative estimate of drug-likeness (QED) is 0.610. The maximum atomic E-state index is 12.5. The van der Waals surface area contributed by atoms with Gasteiger partial charge in [0.2, 0.25) is 0 Å². The molecule has 0 spiro atoms. The van der Waals surface area contributed by atoms with Crippen LogP contribution in [-0.2, 0) is 0 Å². The van der Waals surface area contributed by atoms with Crippen LogP contribution in [0.1, 0.15) is 10.5 Å². The van der Waals surface area contributed by atoms with Crippen LogP contribution in [0.15, 0.2) is 60.9 Å². The number of hydrogen-bond acceptors (Lipinski definition) is 6. The minimum atomic E-state index is -0.280. The Bertz CT molecular complexity index is 1060. The van der Waals surface area contributed by atoms with Crippen LogP contribution in [0.5, 0.6) is 5.75 Å². The van der Waals surface area contributed by atoms with Gasteiger partial charge < -0.3 is 10.1 Å². The molecule has 0 atom stereocenters. The molecule has 1 amide bonds. The molecule has 0 fully saturated rings. The van der Waals surface area contributed by atoms with E-state index in [2.05, 4.69) is 25.8 Å². The second-order valence-corrected chi connectivity index (χ2v) is 5.51. The van der Waals surface area contributed by atoms with Crippen LogP contribution in [0.2, 0.25) is 0 Å². The number of fused-ring (bicyclic) bond motifs is 1. The Balaban J connectivity index is 1.53. The van der Waals surface area contributed by atoms with Gasteiger partial charge in [-0.2, -0.15) is 0 Å². The number of pyridine rings is 1. The van der Waals surface area contributed by atoms with Gasteiger partial charge in [0, 0.05) is 11.1 Å². The molecule has 8 heteroatoms. The first-order valence-corrected chi connectivity index (χ1v) is 7.82. The van der Waals surface area contributed by atoms with Crippen molar-refractivity contribution in [2.24, 2.45) is 0 Å². The van der Waals surface area contributed by atoms with Crippen LogP contribution < -0.4 is 10.1 Å². The average Bonchev–Trinajstić information content (AvgIpc) is 3.22. The number of aromatic nitrogens is 5. The van der Waals surface area contributed by atoms with E-state index in [0.717, 1.165) is 22.3 Å². The zero-order valence-corrected chi connectivity index (χ0v) is 13.8. The Hall–Kier alpha value is -3.81. The fourth-order valence-corrected chi connectivity index (χ4v) is 2.53. The van der Waals surface area contributed by atoms with E-state index in [1.165, 1.54) is 11.0 Å². The van der Waals surface area contributed by atoms with Gasteiger partial charge in [0.25, 0.3) is 5.91 Å². The first-order valence-electron chi connectivity index (χ1n) is 7.82. The lowest BCUT2D eigenvalue weighted by atomic mass is 10.2. The lowest BCUT2D eigenvalue weighted by molar-refractivity contribution is 0.102. The summed E-state index contributed by atoms with van der Waals surface area (Å²) in [6.45, 7) is 0. The molecular weight excluding hydrogens is 332 g/mol. The van der Waals surface area contributed by atoms with Crippen LogP contribution in [-0.4, -0.2) is 38.2 Å². The highest BCUT2D eigenvalue weighted by Gasteiger charge is 2.09. The number of benzene rings is 2. The highest BCUT2D eigenvalue weighted by molar-refractivity contribution is 6.04. The smallest absolute Gasteiger partial charge is 0.274 e. The predicted molar refractivity (Wildman–Crippen MR) is 95.4 cm³/mol. The number of anilines is 1. The summed E-state index contributed by atoms with van der Waals surface area (Å²) in [7, 11) is 1.61. The van der Waals surface area contributed by atoms with E-state index in [9.17, 15) is 4.79 Å². The van der Waals surface area contributed by atoms with Crippen LogP contribution in [0, 0.1) is 0 Å². The van der Waals surface area contributed by atoms with E-state index < -0.39 is 0 Å². The van der Waals surface area contributed by atoms with Crippen molar-refractivity contribution in [3.8, 4) is 11.4 Å². The van der Waals surface area contributed by atoms with Gasteiger partial charge in [-0.15, -0.1) is 5.10 Å². The highest BCUT2D eigenvalue weighted by Crippen LogP contribution is 2.20. The molecule has 0 radical (unpaired) electrons. The number of methoxy groups -OCH3 is 1. The molecule has 128 valence electrons. The summed E-state index contributed by atoms with van der Waals surface area (Å²) in [6.07, 6.45) is 1.50. The van der Waals surface area contributed by atoms with E-state index in [-0.39, 0.29) is 5.91 Å². The molecule has 4 aromatic rings. The van der Waals surface area contributed by atoms with Gasteiger partial charge in [0.15, 0.2) is 0 Å². The Labute approximate surface area is 148 Å². The number of carbonyl (C=O) groups is 1. The Morgan fingerprint density at radius 2 is 1.92 bits per heavy atom. The molecule has 0 saturated carbocycles. The molecule has 2 aromatic heterocycles. The number of tetrazole rings is 1. The lowest BCUT2D eigenvalue weighted by Gasteiger charge is -2.07. The van der Waals surface area contributed by atoms with Gasteiger partial charge >= 0.3 is 0 Å². The topological polar surface area (TPSA) is 94.8 Å². The minimum Gasteiger partial charge on any atom is -0.497 e. The maximum absolute atomic E-state index is 12.5. The van der Waals surface area contributed by atoms with Crippen molar-refractivity contribution in [1.29, 1.82) is 0 Å². The summed E-state index contributed by atoms with van der Waals surface area (Å²) in [6, 6.07) is 16.2. The molecule has 1 N–H and O–H groups in total. The van der Waals surface area contributed by atoms with Gasteiger partial charge in [-0.05, 0) is 59.0 Å². The number of carbonyl (C=O) groups excluding carboxylic acids is 1. The van der Waals surface area contributed by atoms with E-state index in [1.807, 2.05) is 36.4 Å². The molecule has 0 bridgehead atoms. The van der Waals surface area contributed by atoms with E-state index in [0.29, 0.717) is 11.4 Å². The predicted octanol–water partition coefficient (Wildman–Crippen LogP) is 2.47. The third-order valence-corrected chi connectivity index (χ3v) is 3.87. The van der Waals surface area contributed by atoms with Crippen LogP contribution in [0.4, 0.5) is 5.69 Å². The van der Waals surface area contributed by atoms with Gasteiger partial charge in [-0.25, -0.2) is 9.67 Å².